The van der Waals surface area contributed by atoms with Crippen molar-refractivity contribution in [2.45, 2.75) is 25.8 Å². The lowest BCUT2D eigenvalue weighted by molar-refractivity contribution is 0.662. The summed E-state index contributed by atoms with van der Waals surface area (Å²) in [5.74, 6) is 0. The summed E-state index contributed by atoms with van der Waals surface area (Å²) >= 11 is 9.69. The van der Waals surface area contributed by atoms with Gasteiger partial charge >= 0.3 is 0 Å². The largest absolute Gasteiger partial charge is 0.327 e. The van der Waals surface area contributed by atoms with Crippen molar-refractivity contribution in [3.05, 3.63) is 50.7 Å². The second-order valence-electron chi connectivity index (χ2n) is 4.78. The number of nitrogens with zero attached hydrogens (tertiary/aromatic N) is 2. The first-order chi connectivity index (χ1) is 8.97. The van der Waals surface area contributed by atoms with Crippen LogP contribution in [0.5, 0.6) is 0 Å². The summed E-state index contributed by atoms with van der Waals surface area (Å²) in [5, 5.41) is 4.99. The van der Waals surface area contributed by atoms with Crippen LogP contribution in [0.15, 0.2) is 28.7 Å². The molecule has 0 fully saturated rings. The van der Waals surface area contributed by atoms with E-state index < -0.39 is 0 Å². The molecule has 0 aliphatic heterocycles. The molecule has 5 heteroatoms. The molecule has 0 radical (unpaired) electrons. The highest BCUT2D eigenvalue weighted by Gasteiger charge is 2.15. The molecule has 0 saturated heterocycles. The first kappa shape index (κ1) is 14.6. The molecule has 0 bridgehead atoms. The summed E-state index contributed by atoms with van der Waals surface area (Å²) in [5.41, 5.74) is 9.45. The van der Waals surface area contributed by atoms with Gasteiger partial charge in [0, 0.05) is 23.1 Å². The van der Waals surface area contributed by atoms with Gasteiger partial charge in [0.05, 0.1) is 5.69 Å². The summed E-state index contributed by atoms with van der Waals surface area (Å²) in [7, 11) is 1.85. The normalized spacial score (nSPS) is 12.7. The Balaban J connectivity index is 2.07. The molecule has 2 N–H and O–H groups in total. The maximum atomic E-state index is 6.22. The van der Waals surface area contributed by atoms with E-state index in [0.29, 0.717) is 5.15 Å². The second kappa shape index (κ2) is 6.07. The predicted molar refractivity (Wildman–Crippen MR) is 82.5 cm³/mol. The number of hydrogen-bond donors (Lipinski definition) is 1. The third-order valence-electron chi connectivity index (χ3n) is 3.12. The van der Waals surface area contributed by atoms with Crippen molar-refractivity contribution >= 4 is 27.5 Å². The molecule has 0 aliphatic carbocycles. The van der Waals surface area contributed by atoms with Crippen LogP contribution < -0.4 is 5.73 Å². The Morgan fingerprint density at radius 3 is 2.74 bits per heavy atom. The number of aromatic nitrogens is 2. The molecule has 1 aromatic carbocycles. The van der Waals surface area contributed by atoms with Crippen molar-refractivity contribution in [3.8, 4) is 0 Å². The molecule has 1 heterocycles. The SMILES string of the molecule is Cc1nn(C)c(Cl)c1CC(N)Cc1cccc(Br)c1. The zero-order chi connectivity index (χ0) is 14.0. The molecular formula is C14H17BrClN3. The third-order valence-corrected chi connectivity index (χ3v) is 4.09. The number of aryl methyl sites for hydroxylation is 2. The summed E-state index contributed by atoms with van der Waals surface area (Å²) in [6.07, 6.45) is 1.56. The van der Waals surface area contributed by atoms with E-state index in [1.807, 2.05) is 26.1 Å². The molecule has 3 nitrogen and oxygen atoms in total. The minimum Gasteiger partial charge on any atom is -0.327 e. The summed E-state index contributed by atoms with van der Waals surface area (Å²) < 4.78 is 2.77. The number of rotatable bonds is 4. The van der Waals surface area contributed by atoms with Crippen LogP contribution in [0.3, 0.4) is 0 Å². The quantitative estimate of drug-likeness (QED) is 0.927. The van der Waals surface area contributed by atoms with E-state index in [1.54, 1.807) is 4.68 Å². The van der Waals surface area contributed by atoms with Gasteiger partial charge < -0.3 is 5.73 Å². The Labute approximate surface area is 126 Å². The van der Waals surface area contributed by atoms with Gasteiger partial charge in [-0.1, -0.05) is 39.7 Å². The van der Waals surface area contributed by atoms with Crippen molar-refractivity contribution in [1.82, 2.24) is 9.78 Å². The Hall–Kier alpha value is -0.840. The van der Waals surface area contributed by atoms with E-state index in [4.69, 9.17) is 17.3 Å². The van der Waals surface area contributed by atoms with E-state index in [-0.39, 0.29) is 6.04 Å². The highest BCUT2D eigenvalue weighted by atomic mass is 79.9. The molecule has 0 saturated carbocycles. The van der Waals surface area contributed by atoms with Crippen LogP contribution in [-0.4, -0.2) is 15.8 Å². The number of benzene rings is 1. The van der Waals surface area contributed by atoms with Crippen LogP contribution in [0.4, 0.5) is 0 Å². The number of nitrogens with two attached hydrogens (primary N) is 1. The maximum absolute atomic E-state index is 6.22. The Morgan fingerprint density at radius 2 is 2.16 bits per heavy atom. The third kappa shape index (κ3) is 3.59. The van der Waals surface area contributed by atoms with Gasteiger partial charge in [-0.15, -0.1) is 0 Å². The van der Waals surface area contributed by atoms with Gasteiger partial charge in [-0.05, 0) is 37.5 Å². The molecule has 1 aromatic heterocycles. The van der Waals surface area contributed by atoms with E-state index in [2.05, 4.69) is 33.2 Å². The molecule has 19 heavy (non-hydrogen) atoms. The first-order valence-electron chi connectivity index (χ1n) is 6.15. The molecule has 1 atom stereocenters. The molecule has 1 unspecified atom stereocenters. The van der Waals surface area contributed by atoms with Gasteiger partial charge in [0.25, 0.3) is 0 Å². The van der Waals surface area contributed by atoms with Gasteiger partial charge in [-0.3, -0.25) is 4.68 Å². The lowest BCUT2D eigenvalue weighted by Crippen LogP contribution is -2.25. The fourth-order valence-electron chi connectivity index (χ4n) is 2.21. The Bertz CT molecular complexity index is 580. The van der Waals surface area contributed by atoms with Gasteiger partial charge in [-0.25, -0.2) is 0 Å². The Morgan fingerprint density at radius 1 is 1.42 bits per heavy atom. The van der Waals surface area contributed by atoms with Crippen LogP contribution in [-0.2, 0) is 19.9 Å². The molecule has 2 rings (SSSR count). The minimum absolute atomic E-state index is 0.0368. The zero-order valence-electron chi connectivity index (χ0n) is 11.0. The minimum atomic E-state index is 0.0368. The summed E-state index contributed by atoms with van der Waals surface area (Å²) in [6.45, 7) is 1.97. The van der Waals surface area contributed by atoms with Crippen molar-refractivity contribution in [2.75, 3.05) is 0 Å². The maximum Gasteiger partial charge on any atom is 0.130 e. The Kier molecular flexibility index (Phi) is 4.66. The first-order valence-corrected chi connectivity index (χ1v) is 7.32. The van der Waals surface area contributed by atoms with Crippen LogP contribution in [0.1, 0.15) is 16.8 Å². The number of hydrogen-bond acceptors (Lipinski definition) is 2. The topological polar surface area (TPSA) is 43.8 Å². The molecule has 0 aliphatic rings. The summed E-state index contributed by atoms with van der Waals surface area (Å²) in [6, 6.07) is 8.25. The van der Waals surface area contributed by atoms with Gasteiger partial charge in [0.15, 0.2) is 0 Å². The molecule has 102 valence electrons. The lowest BCUT2D eigenvalue weighted by atomic mass is 10.0. The standard InChI is InChI=1S/C14H17BrClN3/c1-9-13(14(16)19(2)18-9)8-12(17)7-10-4-3-5-11(15)6-10/h3-6,12H,7-8,17H2,1-2H3. The molecular weight excluding hydrogens is 326 g/mol. The van der Waals surface area contributed by atoms with Gasteiger partial charge in [0.1, 0.15) is 5.15 Å². The van der Waals surface area contributed by atoms with Crippen molar-refractivity contribution in [2.24, 2.45) is 12.8 Å². The van der Waals surface area contributed by atoms with Crippen LogP contribution in [0, 0.1) is 6.92 Å². The number of halogens is 2. The fraction of sp³-hybridized carbons (Fsp3) is 0.357. The fourth-order valence-corrected chi connectivity index (χ4v) is 2.91. The smallest absolute Gasteiger partial charge is 0.130 e. The zero-order valence-corrected chi connectivity index (χ0v) is 13.4. The molecule has 2 aromatic rings. The molecule has 0 spiro atoms. The van der Waals surface area contributed by atoms with E-state index in [0.717, 1.165) is 28.6 Å². The average Bonchev–Trinajstić information content (AvgIpc) is 2.56. The van der Waals surface area contributed by atoms with Crippen molar-refractivity contribution < 1.29 is 0 Å². The monoisotopic (exact) mass is 341 g/mol. The van der Waals surface area contributed by atoms with E-state index in [9.17, 15) is 0 Å². The molecule has 0 amide bonds. The van der Waals surface area contributed by atoms with Crippen LogP contribution in [0.25, 0.3) is 0 Å². The average molecular weight is 343 g/mol. The van der Waals surface area contributed by atoms with E-state index >= 15 is 0 Å². The second-order valence-corrected chi connectivity index (χ2v) is 6.05. The van der Waals surface area contributed by atoms with Crippen LogP contribution in [0.2, 0.25) is 5.15 Å². The van der Waals surface area contributed by atoms with Crippen molar-refractivity contribution in [3.63, 3.8) is 0 Å². The van der Waals surface area contributed by atoms with E-state index in [1.165, 1.54) is 5.56 Å². The van der Waals surface area contributed by atoms with Crippen molar-refractivity contribution in [1.29, 1.82) is 0 Å². The van der Waals surface area contributed by atoms with Gasteiger partial charge in [-0.2, -0.15) is 5.10 Å². The van der Waals surface area contributed by atoms with Gasteiger partial charge in [0.2, 0.25) is 0 Å². The van der Waals surface area contributed by atoms with Crippen LogP contribution >= 0.6 is 27.5 Å². The summed E-state index contributed by atoms with van der Waals surface area (Å²) in [4.78, 5) is 0. The highest BCUT2D eigenvalue weighted by Crippen LogP contribution is 2.21. The predicted octanol–water partition coefficient (Wildman–Crippen LogP) is 3.26. The lowest BCUT2D eigenvalue weighted by Gasteiger charge is -2.12. The highest BCUT2D eigenvalue weighted by molar-refractivity contribution is 9.10.